The fourth-order valence-electron chi connectivity index (χ4n) is 3.12. The fraction of sp³-hybridized carbons (Fsp3) is 0.389. The van der Waals surface area contributed by atoms with Crippen LogP contribution in [0.1, 0.15) is 34.8 Å². The lowest BCUT2D eigenvalue weighted by Gasteiger charge is -2.33. The van der Waals surface area contributed by atoms with Crippen molar-refractivity contribution in [3.8, 4) is 6.07 Å². The number of piperidine rings is 1. The Morgan fingerprint density at radius 2 is 2.24 bits per heavy atom. The molecule has 2 aromatic rings. The van der Waals surface area contributed by atoms with E-state index >= 15 is 0 Å². The zero-order valence-corrected chi connectivity index (χ0v) is 13.0. The van der Waals surface area contributed by atoms with E-state index in [9.17, 15) is 0 Å². The average Bonchev–Trinajstić information content (AvgIpc) is 3.07. The van der Waals surface area contributed by atoms with Gasteiger partial charge in [-0.25, -0.2) is 0 Å². The van der Waals surface area contributed by atoms with Gasteiger partial charge in [0.05, 0.1) is 11.6 Å². The molecule has 1 fully saturated rings. The molecule has 0 N–H and O–H groups in total. The van der Waals surface area contributed by atoms with Gasteiger partial charge in [0.2, 0.25) is 0 Å². The molecule has 1 aromatic heterocycles. The van der Waals surface area contributed by atoms with Crippen LogP contribution < -0.4 is 0 Å². The summed E-state index contributed by atoms with van der Waals surface area (Å²) in [7, 11) is 0. The van der Waals surface area contributed by atoms with Crippen LogP contribution in [-0.2, 0) is 6.42 Å². The Labute approximate surface area is 130 Å². The van der Waals surface area contributed by atoms with Gasteiger partial charge < -0.3 is 4.90 Å². The van der Waals surface area contributed by atoms with Crippen LogP contribution in [-0.4, -0.2) is 24.5 Å². The van der Waals surface area contributed by atoms with E-state index in [1.807, 2.05) is 23.5 Å². The molecule has 3 heteroatoms. The van der Waals surface area contributed by atoms with E-state index in [4.69, 9.17) is 5.26 Å². The van der Waals surface area contributed by atoms with Gasteiger partial charge in [-0.2, -0.15) is 5.26 Å². The Hall–Kier alpha value is -1.63. The molecule has 1 aromatic carbocycles. The lowest BCUT2D eigenvalue weighted by atomic mass is 9.90. The summed E-state index contributed by atoms with van der Waals surface area (Å²) < 4.78 is 0. The molecule has 0 bridgehead atoms. The minimum atomic E-state index is 0.579. The number of nitriles is 1. The zero-order valence-electron chi connectivity index (χ0n) is 12.2. The normalized spacial score (nSPS) is 19.3. The Balaban J connectivity index is 1.61. The van der Waals surface area contributed by atoms with Crippen molar-refractivity contribution in [3.63, 3.8) is 0 Å². The lowest BCUT2D eigenvalue weighted by Crippen LogP contribution is -2.35. The summed E-state index contributed by atoms with van der Waals surface area (Å²) >= 11 is 1.85. The minimum absolute atomic E-state index is 0.579. The smallest absolute Gasteiger partial charge is 0.0991 e. The van der Waals surface area contributed by atoms with Crippen LogP contribution in [0.2, 0.25) is 0 Å². The van der Waals surface area contributed by atoms with Crippen molar-refractivity contribution < 1.29 is 0 Å². The van der Waals surface area contributed by atoms with Crippen molar-refractivity contribution in [2.45, 2.75) is 25.2 Å². The first kappa shape index (κ1) is 14.3. The van der Waals surface area contributed by atoms with E-state index in [1.165, 1.54) is 29.8 Å². The van der Waals surface area contributed by atoms with Crippen molar-refractivity contribution in [1.29, 1.82) is 5.26 Å². The predicted molar refractivity (Wildman–Crippen MR) is 87.6 cm³/mol. The first-order valence-electron chi connectivity index (χ1n) is 7.60. The molecule has 1 saturated heterocycles. The van der Waals surface area contributed by atoms with E-state index in [1.54, 1.807) is 0 Å². The maximum absolute atomic E-state index is 9.04. The molecule has 2 nitrogen and oxygen atoms in total. The van der Waals surface area contributed by atoms with Crippen LogP contribution in [0, 0.1) is 11.3 Å². The minimum Gasteiger partial charge on any atom is -0.302 e. The molecule has 2 heterocycles. The molecule has 108 valence electrons. The van der Waals surface area contributed by atoms with Crippen molar-refractivity contribution in [2.75, 3.05) is 19.6 Å². The van der Waals surface area contributed by atoms with Crippen molar-refractivity contribution in [1.82, 2.24) is 4.90 Å². The summed E-state index contributed by atoms with van der Waals surface area (Å²) in [6.07, 6.45) is 3.65. The van der Waals surface area contributed by atoms with Crippen LogP contribution in [0.3, 0.4) is 0 Å². The summed E-state index contributed by atoms with van der Waals surface area (Å²) in [5.41, 5.74) is 2.11. The molecular formula is C18H20N2S. The summed E-state index contributed by atoms with van der Waals surface area (Å²) in [6, 6.07) is 14.7. The molecule has 0 radical (unpaired) electrons. The Kier molecular flexibility index (Phi) is 4.69. The van der Waals surface area contributed by atoms with Gasteiger partial charge in [0, 0.05) is 18.0 Å². The number of hydrogen-bond acceptors (Lipinski definition) is 3. The molecular weight excluding hydrogens is 276 g/mol. The van der Waals surface area contributed by atoms with Crippen molar-refractivity contribution in [2.24, 2.45) is 0 Å². The summed E-state index contributed by atoms with van der Waals surface area (Å²) in [4.78, 5) is 4.05. The summed E-state index contributed by atoms with van der Waals surface area (Å²) in [5, 5.41) is 11.2. The topological polar surface area (TPSA) is 27.0 Å². The third kappa shape index (κ3) is 3.72. The largest absolute Gasteiger partial charge is 0.302 e. The van der Waals surface area contributed by atoms with Crippen LogP contribution in [0.25, 0.3) is 0 Å². The maximum atomic E-state index is 9.04. The van der Waals surface area contributed by atoms with Gasteiger partial charge in [-0.05, 0) is 60.9 Å². The van der Waals surface area contributed by atoms with Crippen LogP contribution in [0.15, 0.2) is 41.8 Å². The average molecular weight is 296 g/mol. The first-order valence-corrected chi connectivity index (χ1v) is 8.48. The standard InChI is InChI=1S/C18H20N2S/c19-13-15-4-1-5-16(12-15)17-6-2-9-20(14-17)10-8-18-7-3-11-21-18/h1,3-5,7,11-12,17H,2,6,8-10,14H2/t17-/m1/s1. The molecule has 0 saturated carbocycles. The second kappa shape index (κ2) is 6.89. The molecule has 21 heavy (non-hydrogen) atoms. The molecule has 3 rings (SSSR count). The molecule has 0 unspecified atom stereocenters. The number of benzene rings is 1. The van der Waals surface area contributed by atoms with Crippen molar-refractivity contribution >= 4 is 11.3 Å². The van der Waals surface area contributed by atoms with Gasteiger partial charge in [-0.15, -0.1) is 11.3 Å². The second-order valence-corrected chi connectivity index (χ2v) is 6.74. The highest BCUT2D eigenvalue weighted by Gasteiger charge is 2.21. The van der Waals surface area contributed by atoms with Crippen LogP contribution >= 0.6 is 11.3 Å². The second-order valence-electron chi connectivity index (χ2n) is 5.71. The molecule has 0 aliphatic carbocycles. The van der Waals surface area contributed by atoms with E-state index in [2.05, 4.69) is 40.6 Å². The SMILES string of the molecule is N#Cc1cccc([C@@H]2CCCN(CCc3cccs3)C2)c1. The monoisotopic (exact) mass is 296 g/mol. The number of nitrogens with zero attached hydrogens (tertiary/aromatic N) is 2. The van der Waals surface area contributed by atoms with Gasteiger partial charge in [0.25, 0.3) is 0 Å². The quantitative estimate of drug-likeness (QED) is 0.851. The Bertz CT molecular complexity index is 612. The highest BCUT2D eigenvalue weighted by Crippen LogP contribution is 2.27. The van der Waals surface area contributed by atoms with Crippen LogP contribution in [0.5, 0.6) is 0 Å². The maximum Gasteiger partial charge on any atom is 0.0991 e. The highest BCUT2D eigenvalue weighted by atomic mass is 32.1. The predicted octanol–water partition coefficient (Wildman–Crippen LogP) is 4.04. The van der Waals surface area contributed by atoms with E-state index in [0.717, 1.165) is 25.1 Å². The Morgan fingerprint density at radius 3 is 3.05 bits per heavy atom. The molecule has 1 aliphatic heterocycles. The number of likely N-dealkylation sites (tertiary alicyclic amines) is 1. The Morgan fingerprint density at radius 1 is 1.29 bits per heavy atom. The van der Waals surface area contributed by atoms with Gasteiger partial charge in [-0.1, -0.05) is 18.2 Å². The zero-order chi connectivity index (χ0) is 14.5. The summed E-state index contributed by atoms with van der Waals surface area (Å²) in [6.45, 7) is 3.48. The number of rotatable bonds is 4. The van der Waals surface area contributed by atoms with Crippen molar-refractivity contribution in [3.05, 3.63) is 57.8 Å². The number of thiophene rings is 1. The van der Waals surface area contributed by atoms with Gasteiger partial charge >= 0.3 is 0 Å². The van der Waals surface area contributed by atoms with Crippen LogP contribution in [0.4, 0.5) is 0 Å². The van der Waals surface area contributed by atoms with E-state index in [0.29, 0.717) is 5.92 Å². The van der Waals surface area contributed by atoms with E-state index in [-0.39, 0.29) is 0 Å². The van der Waals surface area contributed by atoms with Gasteiger partial charge in [0.1, 0.15) is 0 Å². The lowest BCUT2D eigenvalue weighted by molar-refractivity contribution is 0.210. The van der Waals surface area contributed by atoms with E-state index < -0.39 is 0 Å². The molecule has 1 atom stereocenters. The fourth-order valence-corrected chi connectivity index (χ4v) is 3.81. The summed E-state index contributed by atoms with van der Waals surface area (Å²) in [5.74, 6) is 0.579. The first-order chi connectivity index (χ1) is 10.3. The third-order valence-corrected chi connectivity index (χ3v) is 5.18. The third-order valence-electron chi connectivity index (χ3n) is 4.25. The van der Waals surface area contributed by atoms with Gasteiger partial charge in [0.15, 0.2) is 0 Å². The highest BCUT2D eigenvalue weighted by molar-refractivity contribution is 7.09. The molecule has 0 spiro atoms. The van der Waals surface area contributed by atoms with Gasteiger partial charge in [-0.3, -0.25) is 0 Å². The molecule has 1 aliphatic rings. The number of hydrogen-bond donors (Lipinski definition) is 0. The molecule has 0 amide bonds.